The van der Waals surface area contributed by atoms with Crippen molar-refractivity contribution in [1.82, 2.24) is 10.3 Å². The number of carbonyl (C=O) groups is 1. The van der Waals surface area contributed by atoms with Crippen LogP contribution in [0.5, 0.6) is 0 Å². The molecular weight excluding hydrogens is 310 g/mol. The SMILES string of the molecule is CCNC1COCC1C(=O)Nc1ncc(Br)cc1C. The Morgan fingerprint density at radius 1 is 1.58 bits per heavy atom. The van der Waals surface area contributed by atoms with E-state index in [1.165, 1.54) is 0 Å². The van der Waals surface area contributed by atoms with Gasteiger partial charge in [0.15, 0.2) is 0 Å². The molecule has 0 aromatic carbocycles. The van der Waals surface area contributed by atoms with Crippen molar-refractivity contribution in [3.05, 3.63) is 22.3 Å². The fourth-order valence-electron chi connectivity index (χ4n) is 2.16. The quantitative estimate of drug-likeness (QED) is 0.883. The van der Waals surface area contributed by atoms with Crippen molar-refractivity contribution in [2.24, 2.45) is 5.92 Å². The molecule has 104 valence electrons. The lowest BCUT2D eigenvalue weighted by Gasteiger charge is -2.18. The number of carbonyl (C=O) groups excluding carboxylic acids is 1. The molecule has 0 spiro atoms. The molecule has 1 aromatic rings. The van der Waals surface area contributed by atoms with Crippen molar-refractivity contribution < 1.29 is 9.53 Å². The third-order valence-corrected chi connectivity index (χ3v) is 3.60. The van der Waals surface area contributed by atoms with E-state index in [-0.39, 0.29) is 17.9 Å². The lowest BCUT2D eigenvalue weighted by atomic mass is 10.0. The maximum absolute atomic E-state index is 12.3. The summed E-state index contributed by atoms with van der Waals surface area (Å²) in [7, 11) is 0. The summed E-state index contributed by atoms with van der Waals surface area (Å²) in [6.45, 7) is 5.80. The van der Waals surface area contributed by atoms with Gasteiger partial charge < -0.3 is 15.4 Å². The van der Waals surface area contributed by atoms with Crippen LogP contribution in [0.3, 0.4) is 0 Å². The molecule has 1 fully saturated rings. The van der Waals surface area contributed by atoms with Gasteiger partial charge in [-0.25, -0.2) is 4.98 Å². The molecule has 0 saturated carbocycles. The fraction of sp³-hybridized carbons (Fsp3) is 0.538. The number of hydrogen-bond donors (Lipinski definition) is 2. The van der Waals surface area contributed by atoms with Gasteiger partial charge in [-0.15, -0.1) is 0 Å². The Hall–Kier alpha value is -0.980. The van der Waals surface area contributed by atoms with Crippen molar-refractivity contribution in [3.8, 4) is 0 Å². The highest BCUT2D eigenvalue weighted by atomic mass is 79.9. The van der Waals surface area contributed by atoms with E-state index in [0.29, 0.717) is 19.0 Å². The number of halogens is 1. The third-order valence-electron chi connectivity index (χ3n) is 3.17. The molecule has 1 aromatic heterocycles. The summed E-state index contributed by atoms with van der Waals surface area (Å²) >= 11 is 3.35. The minimum Gasteiger partial charge on any atom is -0.379 e. The Balaban J connectivity index is 2.04. The number of amides is 1. The molecule has 1 saturated heterocycles. The summed E-state index contributed by atoms with van der Waals surface area (Å²) in [4.78, 5) is 16.5. The topological polar surface area (TPSA) is 63.2 Å². The Morgan fingerprint density at radius 2 is 2.37 bits per heavy atom. The second-order valence-electron chi connectivity index (χ2n) is 4.62. The van der Waals surface area contributed by atoms with Gasteiger partial charge in [0, 0.05) is 16.7 Å². The summed E-state index contributed by atoms with van der Waals surface area (Å²) in [5.41, 5.74) is 0.932. The predicted octanol–water partition coefficient (Wildman–Crippen LogP) is 1.72. The number of likely N-dealkylation sites (N-methyl/N-ethyl adjacent to an activating group) is 1. The average Bonchev–Trinajstić information content (AvgIpc) is 2.81. The number of hydrogen-bond acceptors (Lipinski definition) is 4. The van der Waals surface area contributed by atoms with Gasteiger partial charge in [-0.05, 0) is 41.0 Å². The monoisotopic (exact) mass is 327 g/mol. The van der Waals surface area contributed by atoms with E-state index in [4.69, 9.17) is 4.74 Å². The normalized spacial score (nSPS) is 22.5. The van der Waals surface area contributed by atoms with E-state index >= 15 is 0 Å². The Kier molecular flexibility index (Phi) is 4.90. The van der Waals surface area contributed by atoms with E-state index in [0.717, 1.165) is 16.6 Å². The van der Waals surface area contributed by atoms with Gasteiger partial charge in [0.1, 0.15) is 5.82 Å². The standard InChI is InChI=1S/C13H18BrN3O2/c1-3-15-11-7-19-6-10(11)13(18)17-12-8(2)4-9(14)5-16-12/h4-5,10-11,15H,3,6-7H2,1-2H3,(H,16,17,18). The van der Waals surface area contributed by atoms with E-state index < -0.39 is 0 Å². The zero-order valence-electron chi connectivity index (χ0n) is 11.1. The van der Waals surface area contributed by atoms with Gasteiger partial charge in [0.05, 0.1) is 19.1 Å². The maximum Gasteiger partial charge on any atom is 0.232 e. The summed E-state index contributed by atoms with van der Waals surface area (Å²) < 4.78 is 6.28. The Morgan fingerprint density at radius 3 is 3.05 bits per heavy atom. The van der Waals surface area contributed by atoms with E-state index in [2.05, 4.69) is 31.5 Å². The molecule has 2 heterocycles. The van der Waals surface area contributed by atoms with Crippen LogP contribution in [-0.4, -0.2) is 36.7 Å². The first-order valence-electron chi connectivity index (χ1n) is 6.36. The number of anilines is 1. The van der Waals surface area contributed by atoms with Crippen molar-refractivity contribution in [2.75, 3.05) is 25.1 Å². The fourth-order valence-corrected chi connectivity index (χ4v) is 2.60. The first-order chi connectivity index (χ1) is 9.11. The van der Waals surface area contributed by atoms with Crippen LogP contribution >= 0.6 is 15.9 Å². The molecule has 2 N–H and O–H groups in total. The highest BCUT2D eigenvalue weighted by molar-refractivity contribution is 9.10. The van der Waals surface area contributed by atoms with Gasteiger partial charge in [-0.3, -0.25) is 4.79 Å². The van der Waals surface area contributed by atoms with Crippen LogP contribution in [0.15, 0.2) is 16.7 Å². The zero-order chi connectivity index (χ0) is 13.8. The average molecular weight is 328 g/mol. The second kappa shape index (κ2) is 6.45. The Labute approximate surface area is 121 Å². The molecule has 1 aliphatic rings. The van der Waals surface area contributed by atoms with Gasteiger partial charge in [0.2, 0.25) is 5.91 Å². The van der Waals surface area contributed by atoms with Crippen LogP contribution in [0.4, 0.5) is 5.82 Å². The molecule has 2 unspecified atom stereocenters. The smallest absolute Gasteiger partial charge is 0.232 e. The van der Waals surface area contributed by atoms with Gasteiger partial charge in [0.25, 0.3) is 0 Å². The van der Waals surface area contributed by atoms with Crippen LogP contribution in [-0.2, 0) is 9.53 Å². The number of aryl methyl sites for hydroxylation is 1. The molecule has 19 heavy (non-hydrogen) atoms. The molecule has 2 rings (SSSR count). The van der Waals surface area contributed by atoms with E-state index in [1.54, 1.807) is 6.20 Å². The van der Waals surface area contributed by atoms with Crippen LogP contribution in [0.1, 0.15) is 12.5 Å². The lowest BCUT2D eigenvalue weighted by Crippen LogP contribution is -2.41. The number of aromatic nitrogens is 1. The summed E-state index contributed by atoms with van der Waals surface area (Å²) in [6, 6.07) is 2.01. The number of rotatable bonds is 4. The second-order valence-corrected chi connectivity index (χ2v) is 5.53. The third kappa shape index (κ3) is 3.52. The molecule has 1 amide bonds. The van der Waals surface area contributed by atoms with Crippen molar-refractivity contribution >= 4 is 27.7 Å². The summed E-state index contributed by atoms with van der Waals surface area (Å²) in [5, 5.41) is 6.15. The number of nitrogens with one attached hydrogen (secondary N) is 2. The molecule has 1 aliphatic heterocycles. The summed E-state index contributed by atoms with van der Waals surface area (Å²) in [6.07, 6.45) is 1.68. The molecule has 0 radical (unpaired) electrons. The molecule has 6 heteroatoms. The zero-order valence-corrected chi connectivity index (χ0v) is 12.7. The molecule has 5 nitrogen and oxygen atoms in total. The highest BCUT2D eigenvalue weighted by Gasteiger charge is 2.33. The van der Waals surface area contributed by atoms with Crippen LogP contribution in [0.2, 0.25) is 0 Å². The molecule has 0 aliphatic carbocycles. The number of pyridine rings is 1. The summed E-state index contributed by atoms with van der Waals surface area (Å²) in [5.74, 6) is 0.404. The van der Waals surface area contributed by atoms with Gasteiger partial charge in [-0.1, -0.05) is 6.92 Å². The van der Waals surface area contributed by atoms with Crippen molar-refractivity contribution in [3.63, 3.8) is 0 Å². The minimum absolute atomic E-state index is 0.0404. The largest absolute Gasteiger partial charge is 0.379 e. The van der Waals surface area contributed by atoms with Crippen LogP contribution < -0.4 is 10.6 Å². The molecule has 2 atom stereocenters. The first kappa shape index (κ1) is 14.4. The van der Waals surface area contributed by atoms with Crippen LogP contribution in [0.25, 0.3) is 0 Å². The van der Waals surface area contributed by atoms with E-state index in [1.807, 2.05) is 19.9 Å². The minimum atomic E-state index is -0.162. The predicted molar refractivity (Wildman–Crippen MR) is 77.1 cm³/mol. The molecule has 0 bridgehead atoms. The number of nitrogens with zero attached hydrogens (tertiary/aromatic N) is 1. The van der Waals surface area contributed by atoms with E-state index in [9.17, 15) is 4.79 Å². The van der Waals surface area contributed by atoms with Gasteiger partial charge >= 0.3 is 0 Å². The van der Waals surface area contributed by atoms with Crippen molar-refractivity contribution in [2.45, 2.75) is 19.9 Å². The van der Waals surface area contributed by atoms with Crippen LogP contribution in [0, 0.1) is 12.8 Å². The van der Waals surface area contributed by atoms with Gasteiger partial charge in [-0.2, -0.15) is 0 Å². The number of ether oxygens (including phenoxy) is 1. The lowest BCUT2D eigenvalue weighted by molar-refractivity contribution is -0.120. The highest BCUT2D eigenvalue weighted by Crippen LogP contribution is 2.20. The van der Waals surface area contributed by atoms with Crippen molar-refractivity contribution in [1.29, 1.82) is 0 Å². The maximum atomic E-state index is 12.3. The molecular formula is C13H18BrN3O2. The Bertz CT molecular complexity index is 467. The first-order valence-corrected chi connectivity index (χ1v) is 7.15.